The molecule has 246 valence electrons. The molecule has 7 aromatic carbocycles. The third kappa shape index (κ3) is 6.19. The van der Waals surface area contributed by atoms with E-state index in [0.29, 0.717) is 5.82 Å². The average Bonchev–Trinajstić information content (AvgIpc) is 3.55. The maximum Gasteiger partial charge on any atom is 0.160 e. The van der Waals surface area contributed by atoms with Gasteiger partial charge < -0.3 is 4.57 Å². The van der Waals surface area contributed by atoms with Gasteiger partial charge in [-0.3, -0.25) is 0 Å². The van der Waals surface area contributed by atoms with Crippen LogP contribution in [0.5, 0.6) is 0 Å². The number of para-hydroxylation sites is 2. The molecule has 0 aliphatic heterocycles. The molecule has 2 heterocycles. The molecule has 0 radical (unpaired) electrons. The topological polar surface area (TPSA) is 30.7 Å². The fourth-order valence-electron chi connectivity index (χ4n) is 6.81. The summed E-state index contributed by atoms with van der Waals surface area (Å²) in [6, 6.07) is 62.1. The van der Waals surface area contributed by atoms with Crippen LogP contribution in [-0.4, -0.2) is 14.5 Å². The predicted octanol–water partition coefficient (Wildman–Crippen LogP) is 13.2. The third-order valence-corrected chi connectivity index (χ3v) is 9.47. The van der Waals surface area contributed by atoms with Crippen LogP contribution in [0.3, 0.4) is 0 Å². The third-order valence-electron chi connectivity index (χ3n) is 9.47. The van der Waals surface area contributed by atoms with E-state index in [2.05, 4.69) is 176 Å². The van der Waals surface area contributed by atoms with Crippen LogP contribution >= 0.6 is 0 Å². The van der Waals surface area contributed by atoms with Gasteiger partial charge in [-0.15, -0.1) is 0 Å². The lowest BCUT2D eigenvalue weighted by Gasteiger charge is -2.15. The Morgan fingerprint density at radius 1 is 0.431 bits per heavy atom. The molecule has 9 aromatic rings. The van der Waals surface area contributed by atoms with Gasteiger partial charge in [0, 0.05) is 38.5 Å². The highest BCUT2D eigenvalue weighted by molar-refractivity contribution is 6.15. The number of unbranched alkanes of at least 4 members (excludes halogenated alkanes) is 1. The molecule has 0 atom stereocenters. The second-order valence-electron chi connectivity index (χ2n) is 12.8. The first-order valence-corrected chi connectivity index (χ1v) is 17.8. The summed E-state index contributed by atoms with van der Waals surface area (Å²) in [6.45, 7) is 4.36. The Labute approximate surface area is 299 Å². The zero-order chi connectivity index (χ0) is 34.6. The highest BCUT2D eigenvalue weighted by Gasteiger charge is 2.19. The maximum atomic E-state index is 5.18. The minimum absolute atomic E-state index is 0.708. The number of aromatic nitrogens is 3. The Hall–Kier alpha value is -6.32. The van der Waals surface area contributed by atoms with Gasteiger partial charge >= 0.3 is 0 Å². The molecule has 0 N–H and O–H groups in total. The van der Waals surface area contributed by atoms with Crippen molar-refractivity contribution in [2.24, 2.45) is 0 Å². The Morgan fingerprint density at radius 2 is 1.02 bits per heavy atom. The number of rotatable bonds is 6. The van der Waals surface area contributed by atoms with Gasteiger partial charge in [-0.05, 0) is 53.1 Å². The molecule has 0 saturated carbocycles. The number of hydrogen-bond donors (Lipinski definition) is 0. The van der Waals surface area contributed by atoms with E-state index in [4.69, 9.17) is 9.97 Å². The summed E-state index contributed by atoms with van der Waals surface area (Å²) in [7, 11) is 0. The average molecular weight is 658 g/mol. The van der Waals surface area contributed by atoms with Gasteiger partial charge in [-0.25, -0.2) is 9.97 Å². The fraction of sp³-hybridized carbons (Fsp3) is 0.0833. The highest BCUT2D eigenvalue weighted by atomic mass is 15.0. The SMILES string of the molecule is CCCC.c1ccc(-c2cc(-c3ccccc3)c3c(c2)c2ccccc2n3-c2cccc(-c3nc(-c4ccccc4)c4ccccc4n3)c2)cc1. The van der Waals surface area contributed by atoms with Gasteiger partial charge in [0.05, 0.1) is 22.2 Å². The number of hydrogen-bond acceptors (Lipinski definition) is 2. The summed E-state index contributed by atoms with van der Waals surface area (Å²) in [5, 5.41) is 3.48. The fourth-order valence-corrected chi connectivity index (χ4v) is 6.81. The minimum Gasteiger partial charge on any atom is -0.309 e. The summed E-state index contributed by atoms with van der Waals surface area (Å²) in [4.78, 5) is 10.2. The van der Waals surface area contributed by atoms with Crippen LogP contribution < -0.4 is 0 Å². The molecule has 0 fully saturated rings. The number of fused-ring (bicyclic) bond motifs is 4. The van der Waals surface area contributed by atoms with Crippen LogP contribution in [0.15, 0.2) is 176 Å². The molecule has 0 spiro atoms. The van der Waals surface area contributed by atoms with Crippen molar-refractivity contribution in [3.05, 3.63) is 176 Å². The summed E-state index contributed by atoms with van der Waals surface area (Å²) in [5.74, 6) is 0.708. The lowest BCUT2D eigenvalue weighted by molar-refractivity contribution is 0.886. The quantitative estimate of drug-likeness (QED) is 0.178. The molecule has 9 rings (SSSR count). The second kappa shape index (κ2) is 14.3. The molecule has 0 aliphatic carbocycles. The molecular formula is C48H39N3. The number of nitrogens with zero attached hydrogens (tertiary/aromatic N) is 3. The normalized spacial score (nSPS) is 11.1. The molecular weight excluding hydrogens is 619 g/mol. The van der Waals surface area contributed by atoms with Gasteiger partial charge in [0.2, 0.25) is 0 Å². The summed E-state index contributed by atoms with van der Waals surface area (Å²) in [6.07, 6.45) is 2.64. The summed E-state index contributed by atoms with van der Waals surface area (Å²) in [5.41, 5.74) is 12.1. The van der Waals surface area contributed by atoms with Crippen molar-refractivity contribution in [2.45, 2.75) is 26.7 Å². The van der Waals surface area contributed by atoms with Crippen molar-refractivity contribution >= 4 is 32.7 Å². The monoisotopic (exact) mass is 657 g/mol. The zero-order valence-corrected chi connectivity index (χ0v) is 29.0. The van der Waals surface area contributed by atoms with Crippen LogP contribution in [0.2, 0.25) is 0 Å². The molecule has 3 nitrogen and oxygen atoms in total. The van der Waals surface area contributed by atoms with Gasteiger partial charge in [-0.1, -0.05) is 166 Å². The van der Waals surface area contributed by atoms with E-state index in [0.717, 1.165) is 38.9 Å². The van der Waals surface area contributed by atoms with E-state index in [-0.39, 0.29) is 0 Å². The van der Waals surface area contributed by atoms with E-state index >= 15 is 0 Å². The lowest BCUT2D eigenvalue weighted by Crippen LogP contribution is -1.98. The van der Waals surface area contributed by atoms with Gasteiger partial charge in [0.1, 0.15) is 0 Å². The van der Waals surface area contributed by atoms with Crippen molar-refractivity contribution in [2.75, 3.05) is 0 Å². The Balaban J connectivity index is 0.000000890. The highest BCUT2D eigenvalue weighted by Crippen LogP contribution is 2.41. The van der Waals surface area contributed by atoms with Crippen LogP contribution in [0.4, 0.5) is 0 Å². The Morgan fingerprint density at radius 3 is 1.73 bits per heavy atom. The summed E-state index contributed by atoms with van der Waals surface area (Å²) < 4.78 is 2.41. The molecule has 0 amide bonds. The van der Waals surface area contributed by atoms with Crippen molar-refractivity contribution in [1.82, 2.24) is 14.5 Å². The first kappa shape index (κ1) is 31.9. The predicted molar refractivity (Wildman–Crippen MR) is 216 cm³/mol. The van der Waals surface area contributed by atoms with Crippen molar-refractivity contribution in [1.29, 1.82) is 0 Å². The standard InChI is InChI=1S/C44H29N3.C4H10/c1-4-15-30(16-5-1)34-28-38(31-17-6-2-7-18-31)43-39(29-34)36-23-11-13-26-41(36)47(43)35-22-14-21-33(27-35)44-45-40-25-12-10-24-37(40)42(46-44)32-19-8-3-9-20-32;1-3-4-2/h1-29H;3-4H2,1-2H3. The van der Waals surface area contributed by atoms with E-state index < -0.39 is 0 Å². The van der Waals surface area contributed by atoms with Crippen LogP contribution in [0.25, 0.3) is 83.3 Å². The van der Waals surface area contributed by atoms with Crippen molar-refractivity contribution in [3.8, 4) is 50.6 Å². The minimum atomic E-state index is 0.708. The molecule has 0 aliphatic rings. The van der Waals surface area contributed by atoms with Crippen LogP contribution in [0, 0.1) is 0 Å². The molecule has 51 heavy (non-hydrogen) atoms. The van der Waals surface area contributed by atoms with E-state index in [1.54, 1.807) is 0 Å². The maximum absolute atomic E-state index is 5.18. The first-order valence-electron chi connectivity index (χ1n) is 17.8. The Kier molecular flexibility index (Phi) is 8.93. The molecule has 2 aromatic heterocycles. The lowest BCUT2D eigenvalue weighted by atomic mass is 9.95. The van der Waals surface area contributed by atoms with Crippen molar-refractivity contribution < 1.29 is 0 Å². The van der Waals surface area contributed by atoms with Gasteiger partial charge in [-0.2, -0.15) is 0 Å². The van der Waals surface area contributed by atoms with Gasteiger partial charge in [0.25, 0.3) is 0 Å². The largest absolute Gasteiger partial charge is 0.309 e. The van der Waals surface area contributed by atoms with Crippen molar-refractivity contribution in [3.63, 3.8) is 0 Å². The molecule has 3 heteroatoms. The van der Waals surface area contributed by atoms with Crippen LogP contribution in [-0.2, 0) is 0 Å². The van der Waals surface area contributed by atoms with E-state index in [1.807, 2.05) is 18.2 Å². The molecule has 0 unspecified atom stereocenters. The Bertz CT molecular complexity index is 2590. The smallest absolute Gasteiger partial charge is 0.160 e. The van der Waals surface area contributed by atoms with Crippen LogP contribution in [0.1, 0.15) is 26.7 Å². The zero-order valence-electron chi connectivity index (χ0n) is 29.0. The van der Waals surface area contributed by atoms with E-state index in [9.17, 15) is 0 Å². The number of benzene rings is 7. The second-order valence-corrected chi connectivity index (χ2v) is 12.8. The van der Waals surface area contributed by atoms with Gasteiger partial charge in [0.15, 0.2) is 5.82 Å². The molecule has 0 bridgehead atoms. The first-order chi connectivity index (χ1) is 25.2. The summed E-state index contributed by atoms with van der Waals surface area (Å²) >= 11 is 0. The molecule has 0 saturated heterocycles. The van der Waals surface area contributed by atoms with E-state index in [1.165, 1.54) is 51.4 Å².